The van der Waals surface area contributed by atoms with Gasteiger partial charge in [0.25, 0.3) is 0 Å². The van der Waals surface area contributed by atoms with Crippen LogP contribution in [0, 0.1) is 5.82 Å². The Hall–Kier alpha value is -2.69. The van der Waals surface area contributed by atoms with Crippen LogP contribution in [0.4, 0.5) is 4.39 Å². The van der Waals surface area contributed by atoms with Crippen molar-refractivity contribution in [3.05, 3.63) is 71.5 Å². The molecule has 0 radical (unpaired) electrons. The van der Waals surface area contributed by atoms with Gasteiger partial charge in [-0.15, -0.1) is 0 Å². The maximum Gasteiger partial charge on any atom is 0.330 e. The smallest absolute Gasteiger partial charge is 0.330 e. The molecule has 0 spiro atoms. The normalized spacial score (nSPS) is 11.7. The highest BCUT2D eigenvalue weighted by Gasteiger charge is 2.22. The van der Waals surface area contributed by atoms with Gasteiger partial charge in [0.1, 0.15) is 5.82 Å². The molecule has 1 atom stereocenters. The van der Waals surface area contributed by atoms with Crippen LogP contribution in [0.1, 0.15) is 17.2 Å². The minimum atomic E-state index is -1.19. The van der Waals surface area contributed by atoms with Gasteiger partial charge in [-0.3, -0.25) is 4.79 Å². The van der Waals surface area contributed by atoms with Crippen LogP contribution >= 0.6 is 0 Å². The number of hydrogen-bond acceptors (Lipinski definition) is 2. The second kappa shape index (κ2) is 6.65. The zero-order valence-electron chi connectivity index (χ0n) is 11.1. The van der Waals surface area contributed by atoms with Gasteiger partial charge >= 0.3 is 5.97 Å². The standard InChI is InChI=1S/C16H14FNO3/c17-13-8-6-12(7-9-13)15(16(20)21)18-14(19)10-11-4-2-1-3-5-11/h1-9,15H,10H2,(H,18,19)(H,20,21). The number of halogens is 1. The molecule has 21 heavy (non-hydrogen) atoms. The Balaban J connectivity index is 2.08. The Morgan fingerprint density at radius 3 is 2.24 bits per heavy atom. The summed E-state index contributed by atoms with van der Waals surface area (Å²) in [5.74, 6) is -2.06. The molecule has 0 bridgehead atoms. The van der Waals surface area contributed by atoms with Gasteiger partial charge < -0.3 is 10.4 Å². The van der Waals surface area contributed by atoms with Gasteiger partial charge in [0.15, 0.2) is 6.04 Å². The topological polar surface area (TPSA) is 66.4 Å². The average molecular weight is 287 g/mol. The third-order valence-electron chi connectivity index (χ3n) is 2.96. The Bertz CT molecular complexity index is 626. The van der Waals surface area contributed by atoms with Crippen LogP contribution in [0.5, 0.6) is 0 Å². The highest BCUT2D eigenvalue weighted by molar-refractivity contribution is 5.85. The first-order valence-electron chi connectivity index (χ1n) is 6.38. The van der Waals surface area contributed by atoms with E-state index in [4.69, 9.17) is 0 Å². The van der Waals surface area contributed by atoms with Crippen molar-refractivity contribution in [1.82, 2.24) is 5.32 Å². The zero-order chi connectivity index (χ0) is 15.2. The van der Waals surface area contributed by atoms with Gasteiger partial charge in [0.05, 0.1) is 6.42 Å². The maximum atomic E-state index is 12.9. The van der Waals surface area contributed by atoms with E-state index in [1.54, 1.807) is 24.3 Å². The molecule has 0 aliphatic rings. The van der Waals surface area contributed by atoms with Crippen LogP contribution in [-0.2, 0) is 16.0 Å². The van der Waals surface area contributed by atoms with Crippen molar-refractivity contribution in [2.24, 2.45) is 0 Å². The quantitative estimate of drug-likeness (QED) is 0.887. The summed E-state index contributed by atoms with van der Waals surface area (Å²) >= 11 is 0. The fraction of sp³-hybridized carbons (Fsp3) is 0.125. The fourth-order valence-corrected chi connectivity index (χ4v) is 1.94. The molecule has 1 unspecified atom stereocenters. The molecule has 2 N–H and O–H groups in total. The molecule has 2 aromatic rings. The molecule has 4 nitrogen and oxygen atoms in total. The van der Waals surface area contributed by atoms with E-state index in [0.717, 1.165) is 17.7 Å². The molecule has 0 aliphatic heterocycles. The Morgan fingerprint density at radius 2 is 1.67 bits per heavy atom. The van der Waals surface area contributed by atoms with Crippen molar-refractivity contribution < 1.29 is 19.1 Å². The lowest BCUT2D eigenvalue weighted by Crippen LogP contribution is -2.34. The molecule has 0 aliphatic carbocycles. The fourth-order valence-electron chi connectivity index (χ4n) is 1.94. The van der Waals surface area contributed by atoms with E-state index < -0.39 is 23.7 Å². The van der Waals surface area contributed by atoms with Gasteiger partial charge in [-0.1, -0.05) is 42.5 Å². The minimum Gasteiger partial charge on any atom is -0.479 e. The van der Waals surface area contributed by atoms with Gasteiger partial charge in [0.2, 0.25) is 5.91 Å². The summed E-state index contributed by atoms with van der Waals surface area (Å²) in [7, 11) is 0. The first kappa shape index (κ1) is 14.7. The average Bonchev–Trinajstić information content (AvgIpc) is 2.47. The van der Waals surface area contributed by atoms with E-state index in [1.165, 1.54) is 12.1 Å². The molecular formula is C16H14FNO3. The summed E-state index contributed by atoms with van der Waals surface area (Å²) in [6.45, 7) is 0. The maximum absolute atomic E-state index is 12.9. The van der Waals surface area contributed by atoms with Crippen molar-refractivity contribution in [2.75, 3.05) is 0 Å². The molecule has 2 aromatic carbocycles. The molecule has 0 saturated carbocycles. The Kier molecular flexibility index (Phi) is 4.66. The number of aliphatic carboxylic acids is 1. The first-order valence-corrected chi connectivity index (χ1v) is 6.38. The van der Waals surface area contributed by atoms with Crippen molar-refractivity contribution in [3.8, 4) is 0 Å². The van der Waals surface area contributed by atoms with Gasteiger partial charge in [0, 0.05) is 0 Å². The zero-order valence-corrected chi connectivity index (χ0v) is 11.1. The highest BCUT2D eigenvalue weighted by Crippen LogP contribution is 2.14. The molecule has 0 aromatic heterocycles. The summed E-state index contributed by atoms with van der Waals surface area (Å²) in [6.07, 6.45) is 0.0891. The van der Waals surface area contributed by atoms with Gasteiger partial charge in [-0.2, -0.15) is 0 Å². The Labute approximate surface area is 121 Å². The van der Waals surface area contributed by atoms with Crippen LogP contribution in [0.25, 0.3) is 0 Å². The summed E-state index contributed by atoms with van der Waals surface area (Å²) in [5.41, 5.74) is 1.11. The van der Waals surface area contributed by atoms with Crippen molar-refractivity contribution in [3.63, 3.8) is 0 Å². The number of carbonyl (C=O) groups is 2. The lowest BCUT2D eigenvalue weighted by Gasteiger charge is -2.15. The van der Waals surface area contributed by atoms with Crippen LogP contribution in [0.15, 0.2) is 54.6 Å². The van der Waals surface area contributed by atoms with Crippen LogP contribution in [0.3, 0.4) is 0 Å². The first-order chi connectivity index (χ1) is 10.1. The third kappa shape index (κ3) is 4.14. The monoisotopic (exact) mass is 287 g/mol. The molecule has 0 saturated heterocycles. The largest absolute Gasteiger partial charge is 0.479 e. The van der Waals surface area contributed by atoms with Gasteiger partial charge in [-0.25, -0.2) is 9.18 Å². The van der Waals surface area contributed by atoms with E-state index in [-0.39, 0.29) is 6.42 Å². The summed E-state index contributed by atoms with van der Waals surface area (Å²) in [5, 5.41) is 11.6. The second-order valence-electron chi connectivity index (χ2n) is 4.55. The number of hydrogen-bond donors (Lipinski definition) is 2. The second-order valence-corrected chi connectivity index (χ2v) is 4.55. The van der Waals surface area contributed by atoms with E-state index in [0.29, 0.717) is 5.56 Å². The number of benzene rings is 2. The number of nitrogens with one attached hydrogen (secondary N) is 1. The molecule has 0 fully saturated rings. The van der Waals surface area contributed by atoms with Crippen molar-refractivity contribution in [1.29, 1.82) is 0 Å². The minimum absolute atomic E-state index is 0.0891. The van der Waals surface area contributed by atoms with Crippen molar-refractivity contribution >= 4 is 11.9 Å². The van der Waals surface area contributed by atoms with E-state index in [9.17, 15) is 19.1 Å². The van der Waals surface area contributed by atoms with Crippen molar-refractivity contribution in [2.45, 2.75) is 12.5 Å². The number of rotatable bonds is 5. The number of carboxylic acid groups (broad SMARTS) is 1. The van der Waals surface area contributed by atoms with Gasteiger partial charge in [-0.05, 0) is 23.3 Å². The molecule has 2 rings (SSSR count). The van der Waals surface area contributed by atoms with E-state index >= 15 is 0 Å². The lowest BCUT2D eigenvalue weighted by molar-refractivity contribution is -0.141. The molecule has 108 valence electrons. The van der Waals surface area contributed by atoms with Crippen LogP contribution in [-0.4, -0.2) is 17.0 Å². The predicted molar refractivity (Wildman–Crippen MR) is 75.1 cm³/mol. The lowest BCUT2D eigenvalue weighted by atomic mass is 10.1. The predicted octanol–water partition coefficient (Wildman–Crippen LogP) is 2.31. The molecule has 5 heteroatoms. The number of carbonyl (C=O) groups excluding carboxylic acids is 1. The number of amides is 1. The third-order valence-corrected chi connectivity index (χ3v) is 2.96. The SMILES string of the molecule is O=C(Cc1ccccc1)NC(C(=O)O)c1ccc(F)cc1. The molecular weight excluding hydrogens is 273 g/mol. The highest BCUT2D eigenvalue weighted by atomic mass is 19.1. The molecule has 1 amide bonds. The Morgan fingerprint density at radius 1 is 1.05 bits per heavy atom. The number of carboxylic acids is 1. The van der Waals surface area contributed by atoms with Crippen LogP contribution in [0.2, 0.25) is 0 Å². The van der Waals surface area contributed by atoms with E-state index in [2.05, 4.69) is 5.32 Å². The van der Waals surface area contributed by atoms with Crippen LogP contribution < -0.4 is 5.32 Å². The summed E-state index contributed by atoms with van der Waals surface area (Å²) in [4.78, 5) is 23.2. The molecule has 0 heterocycles. The summed E-state index contributed by atoms with van der Waals surface area (Å²) < 4.78 is 12.9. The van der Waals surface area contributed by atoms with E-state index in [1.807, 2.05) is 6.07 Å². The summed E-state index contributed by atoms with van der Waals surface area (Å²) in [6, 6.07) is 12.8.